The molecule has 0 aromatic rings. The van der Waals surface area contributed by atoms with Gasteiger partial charge in [-0.05, 0) is 44.9 Å². The molecule has 0 aliphatic rings. The number of unbranched alkanes of at least 4 members (excludes halogenated alkanes) is 40. The van der Waals surface area contributed by atoms with E-state index >= 15 is 0 Å². The Bertz CT molecular complexity index is 1160. The van der Waals surface area contributed by atoms with Crippen molar-refractivity contribution in [3.05, 3.63) is 24.3 Å². The van der Waals surface area contributed by atoms with Crippen LogP contribution in [0.3, 0.4) is 0 Å². The SMILES string of the molecule is CCCCCCCCCC/C=C\CCCCCCCCCCCCCCCC(=O)NC(COP(=O)([O-])OCC[N+](C)(C)C)C(O)/C=C/CCCCCCCCCCCCCCCCCCCCC. The lowest BCUT2D eigenvalue weighted by Gasteiger charge is -2.29. The van der Waals surface area contributed by atoms with Gasteiger partial charge in [0, 0.05) is 6.42 Å². The minimum Gasteiger partial charge on any atom is -0.756 e. The predicted octanol–water partition coefficient (Wildman–Crippen LogP) is 17.4. The van der Waals surface area contributed by atoms with Crippen LogP contribution in [0.1, 0.15) is 296 Å². The van der Waals surface area contributed by atoms with E-state index in [1.165, 1.54) is 238 Å². The maximum atomic E-state index is 13.0. The van der Waals surface area contributed by atoms with E-state index in [0.717, 1.165) is 38.5 Å². The fourth-order valence-electron chi connectivity index (χ4n) is 8.97. The number of phosphoric acid groups is 1. The monoisotopic (exact) mass is 981 g/mol. The first kappa shape index (κ1) is 67.0. The van der Waals surface area contributed by atoms with E-state index in [0.29, 0.717) is 17.4 Å². The molecule has 0 spiro atoms. The van der Waals surface area contributed by atoms with E-state index in [-0.39, 0.29) is 19.1 Å². The van der Waals surface area contributed by atoms with Crippen LogP contribution in [0.25, 0.3) is 0 Å². The number of likely N-dealkylation sites (N-methyl/N-ethyl adjacent to an activating group) is 1. The summed E-state index contributed by atoms with van der Waals surface area (Å²) in [6.07, 6.45) is 64.0. The van der Waals surface area contributed by atoms with E-state index in [2.05, 4.69) is 31.3 Å². The van der Waals surface area contributed by atoms with Gasteiger partial charge in [-0.25, -0.2) is 0 Å². The summed E-state index contributed by atoms with van der Waals surface area (Å²) in [6, 6.07) is -0.885. The number of aliphatic hydroxyl groups excluding tert-OH is 1. The third-order valence-electron chi connectivity index (χ3n) is 13.7. The molecule has 8 nitrogen and oxygen atoms in total. The quantitative estimate of drug-likeness (QED) is 0.0272. The summed E-state index contributed by atoms with van der Waals surface area (Å²) >= 11 is 0. The minimum absolute atomic E-state index is 0.00110. The van der Waals surface area contributed by atoms with Crippen LogP contribution in [0.2, 0.25) is 0 Å². The highest BCUT2D eigenvalue weighted by Gasteiger charge is 2.23. The smallest absolute Gasteiger partial charge is 0.268 e. The third-order valence-corrected chi connectivity index (χ3v) is 14.6. The fraction of sp³-hybridized carbons (Fsp3) is 0.915. The van der Waals surface area contributed by atoms with Crippen molar-refractivity contribution >= 4 is 13.7 Å². The summed E-state index contributed by atoms with van der Waals surface area (Å²) in [4.78, 5) is 25.5. The van der Waals surface area contributed by atoms with Crippen molar-refractivity contribution < 1.29 is 32.9 Å². The number of carbonyl (C=O) groups excluding carboxylic acids is 1. The summed E-state index contributed by atoms with van der Waals surface area (Å²) < 4.78 is 23.4. The highest BCUT2D eigenvalue weighted by molar-refractivity contribution is 7.45. The molecule has 9 heteroatoms. The van der Waals surface area contributed by atoms with E-state index in [9.17, 15) is 19.4 Å². The van der Waals surface area contributed by atoms with Crippen LogP contribution in [0.4, 0.5) is 0 Å². The number of hydrogen-bond acceptors (Lipinski definition) is 6. The second-order valence-corrected chi connectivity index (χ2v) is 23.1. The Hall–Kier alpha value is -1.02. The van der Waals surface area contributed by atoms with Gasteiger partial charge in [-0.2, -0.15) is 0 Å². The first-order valence-corrected chi connectivity index (χ1v) is 31.2. The van der Waals surface area contributed by atoms with E-state index in [4.69, 9.17) is 9.05 Å². The van der Waals surface area contributed by atoms with Gasteiger partial charge in [0.25, 0.3) is 7.82 Å². The predicted molar refractivity (Wildman–Crippen MR) is 293 cm³/mol. The summed E-state index contributed by atoms with van der Waals surface area (Å²) in [5.41, 5.74) is 0. The summed E-state index contributed by atoms with van der Waals surface area (Å²) in [5.74, 6) is -0.193. The maximum absolute atomic E-state index is 13.0. The third kappa shape index (κ3) is 52.8. The van der Waals surface area contributed by atoms with Crippen molar-refractivity contribution in [3.63, 3.8) is 0 Å². The Labute approximate surface area is 424 Å². The number of rotatable bonds is 55. The molecule has 68 heavy (non-hydrogen) atoms. The Kier molecular flexibility index (Phi) is 50.1. The van der Waals surface area contributed by atoms with Crippen LogP contribution in [0, 0.1) is 0 Å². The Morgan fingerprint density at radius 1 is 0.500 bits per heavy atom. The largest absolute Gasteiger partial charge is 0.756 e. The normalized spacial score (nSPS) is 14.0. The molecule has 0 saturated heterocycles. The molecule has 3 atom stereocenters. The molecule has 0 heterocycles. The summed E-state index contributed by atoms with van der Waals surface area (Å²) in [7, 11) is 1.27. The molecule has 0 fully saturated rings. The number of hydrogen-bond donors (Lipinski definition) is 2. The molecule has 2 N–H and O–H groups in total. The van der Waals surface area contributed by atoms with Gasteiger partial charge in [-0.3, -0.25) is 9.36 Å². The van der Waals surface area contributed by atoms with Crippen LogP contribution in [0.15, 0.2) is 24.3 Å². The molecule has 0 aliphatic heterocycles. The topological polar surface area (TPSA) is 108 Å². The average molecular weight is 982 g/mol. The number of nitrogens with one attached hydrogen (secondary N) is 1. The van der Waals surface area contributed by atoms with E-state index in [1.807, 2.05) is 27.2 Å². The molecular weight excluding hydrogens is 864 g/mol. The van der Waals surface area contributed by atoms with Gasteiger partial charge < -0.3 is 28.8 Å². The molecule has 0 saturated carbocycles. The molecule has 0 bridgehead atoms. The van der Waals surface area contributed by atoms with Crippen LogP contribution in [-0.4, -0.2) is 68.5 Å². The highest BCUT2D eigenvalue weighted by Crippen LogP contribution is 2.38. The average Bonchev–Trinajstić information content (AvgIpc) is 3.30. The second kappa shape index (κ2) is 50.9. The van der Waals surface area contributed by atoms with Crippen molar-refractivity contribution in [1.29, 1.82) is 0 Å². The molecular formula is C59H117N2O6P. The zero-order valence-corrected chi connectivity index (χ0v) is 47.0. The first-order chi connectivity index (χ1) is 33.0. The standard InChI is InChI=1S/C59H117N2O6P/c1-6-8-10-12-14-16-18-20-22-24-26-28-29-30-31-33-35-37-39-41-43-45-47-49-51-53-59(63)60-57(56-67-68(64,65)66-55-54-61(3,4)5)58(62)52-50-48-46-44-42-40-38-36-34-32-27-25-23-21-19-17-15-13-11-9-7-2/h24,26,50,52,57-58,62H,6-23,25,27-49,51,53-56H2,1-5H3,(H-,60,63,64,65)/b26-24-,52-50+. The molecule has 0 rings (SSSR count). The number of nitrogens with zero attached hydrogens (tertiary/aromatic N) is 1. The van der Waals surface area contributed by atoms with Crippen molar-refractivity contribution in [2.24, 2.45) is 0 Å². The summed E-state index contributed by atoms with van der Waals surface area (Å²) in [6.45, 7) is 4.69. The first-order valence-electron chi connectivity index (χ1n) is 29.7. The summed E-state index contributed by atoms with van der Waals surface area (Å²) in [5, 5.41) is 13.9. The molecule has 0 aromatic carbocycles. The van der Waals surface area contributed by atoms with E-state index in [1.54, 1.807) is 6.08 Å². The second-order valence-electron chi connectivity index (χ2n) is 21.7. The molecule has 404 valence electrons. The van der Waals surface area contributed by atoms with Crippen molar-refractivity contribution in [1.82, 2.24) is 5.32 Å². The number of amides is 1. The number of quaternary nitrogens is 1. The highest BCUT2D eigenvalue weighted by atomic mass is 31.2. The van der Waals surface area contributed by atoms with Crippen LogP contribution in [0.5, 0.6) is 0 Å². The van der Waals surface area contributed by atoms with Crippen LogP contribution < -0.4 is 10.2 Å². The molecule has 1 amide bonds. The van der Waals surface area contributed by atoms with Crippen molar-refractivity contribution in [2.45, 2.75) is 309 Å². The molecule has 0 radical (unpaired) electrons. The van der Waals surface area contributed by atoms with Gasteiger partial charge in [0.2, 0.25) is 5.91 Å². The van der Waals surface area contributed by atoms with Gasteiger partial charge in [0.1, 0.15) is 13.2 Å². The zero-order chi connectivity index (χ0) is 49.9. The Morgan fingerprint density at radius 3 is 1.15 bits per heavy atom. The van der Waals surface area contributed by atoms with Crippen molar-refractivity contribution in [2.75, 3.05) is 40.9 Å². The molecule has 0 aliphatic carbocycles. The van der Waals surface area contributed by atoms with Crippen LogP contribution >= 0.6 is 7.82 Å². The molecule has 0 aromatic heterocycles. The Balaban J connectivity index is 4.17. The number of allylic oxidation sites excluding steroid dienone is 3. The molecule has 3 unspecified atom stereocenters. The maximum Gasteiger partial charge on any atom is 0.268 e. The van der Waals surface area contributed by atoms with Gasteiger partial charge in [0.15, 0.2) is 0 Å². The number of phosphoric ester groups is 1. The minimum atomic E-state index is -4.60. The van der Waals surface area contributed by atoms with Gasteiger partial charge in [-0.15, -0.1) is 0 Å². The van der Waals surface area contributed by atoms with Gasteiger partial charge >= 0.3 is 0 Å². The lowest BCUT2D eigenvalue weighted by Crippen LogP contribution is -2.45. The Morgan fingerprint density at radius 2 is 0.809 bits per heavy atom. The lowest BCUT2D eigenvalue weighted by atomic mass is 10.0. The number of aliphatic hydroxyl groups is 1. The van der Waals surface area contributed by atoms with Gasteiger partial charge in [0.05, 0.1) is 39.9 Å². The van der Waals surface area contributed by atoms with Crippen LogP contribution in [-0.2, 0) is 18.4 Å². The van der Waals surface area contributed by atoms with E-state index < -0.39 is 20.0 Å². The lowest BCUT2D eigenvalue weighted by molar-refractivity contribution is -0.870. The van der Waals surface area contributed by atoms with Gasteiger partial charge in [-0.1, -0.05) is 269 Å². The fourth-order valence-corrected chi connectivity index (χ4v) is 9.70. The zero-order valence-electron chi connectivity index (χ0n) is 46.1. The van der Waals surface area contributed by atoms with Crippen molar-refractivity contribution in [3.8, 4) is 0 Å². The number of carbonyl (C=O) groups is 1.